The summed E-state index contributed by atoms with van der Waals surface area (Å²) in [5.74, 6) is 1.83. The van der Waals surface area contributed by atoms with Crippen molar-refractivity contribution in [3.05, 3.63) is 59.5 Å². The fraction of sp³-hybridized carbons (Fsp3) is 0.474. The number of ether oxygens (including phenoxy) is 1. The van der Waals surface area contributed by atoms with Crippen molar-refractivity contribution in [3.8, 4) is 0 Å². The van der Waals surface area contributed by atoms with E-state index in [1.54, 1.807) is 7.11 Å². The van der Waals surface area contributed by atoms with Gasteiger partial charge in [0, 0.05) is 13.2 Å². The van der Waals surface area contributed by atoms with Crippen molar-refractivity contribution >= 4 is 0 Å². The molecular weight excluding hydrogens is 290 g/mol. The quantitative estimate of drug-likeness (QED) is 0.849. The molecule has 2 unspecified atom stereocenters. The second-order valence-corrected chi connectivity index (χ2v) is 6.23. The number of likely N-dealkylation sites (tertiary alicyclic amines) is 1. The Morgan fingerprint density at radius 3 is 2.78 bits per heavy atom. The second-order valence-electron chi connectivity index (χ2n) is 6.23. The first-order valence-electron chi connectivity index (χ1n) is 8.30. The molecule has 3 rings (SSSR count). The van der Waals surface area contributed by atoms with Crippen molar-refractivity contribution < 1.29 is 14.3 Å². The lowest BCUT2D eigenvalue weighted by Gasteiger charge is -2.25. The molecular formula is C19H25NO3. The molecule has 0 aliphatic carbocycles. The van der Waals surface area contributed by atoms with Crippen molar-refractivity contribution in [2.75, 3.05) is 13.7 Å². The molecule has 2 heterocycles. The number of methoxy groups -OCH3 is 1. The second kappa shape index (κ2) is 7.77. The molecule has 1 aliphatic heterocycles. The normalized spacial score (nSPS) is 20.0. The highest BCUT2D eigenvalue weighted by Crippen LogP contribution is 2.28. The highest BCUT2D eigenvalue weighted by molar-refractivity contribution is 5.17. The van der Waals surface area contributed by atoms with Gasteiger partial charge >= 0.3 is 0 Å². The standard InChI is InChI=1S/C19H25NO3/c1-22-14-18-10-9-17(23-18)13-20-11-5-8-16(20)12-19(21)15-6-3-2-4-7-15/h2-4,6-7,9-10,16,19,21H,5,8,11-14H2,1H3. The lowest BCUT2D eigenvalue weighted by molar-refractivity contribution is 0.113. The molecule has 0 amide bonds. The smallest absolute Gasteiger partial charge is 0.129 e. The van der Waals surface area contributed by atoms with Gasteiger partial charge in [-0.15, -0.1) is 0 Å². The zero-order valence-electron chi connectivity index (χ0n) is 13.6. The van der Waals surface area contributed by atoms with E-state index in [9.17, 15) is 5.11 Å². The van der Waals surface area contributed by atoms with Crippen molar-refractivity contribution in [3.63, 3.8) is 0 Å². The summed E-state index contributed by atoms with van der Waals surface area (Å²) < 4.78 is 10.9. The first-order valence-corrected chi connectivity index (χ1v) is 8.30. The number of hydrogen-bond donors (Lipinski definition) is 1. The maximum absolute atomic E-state index is 10.5. The molecule has 0 spiro atoms. The minimum Gasteiger partial charge on any atom is -0.462 e. The highest BCUT2D eigenvalue weighted by atomic mass is 16.5. The Kier molecular flexibility index (Phi) is 5.49. The molecule has 1 N–H and O–H groups in total. The number of benzene rings is 1. The third-order valence-electron chi connectivity index (χ3n) is 4.54. The zero-order valence-corrected chi connectivity index (χ0v) is 13.6. The van der Waals surface area contributed by atoms with Crippen LogP contribution in [0.15, 0.2) is 46.9 Å². The van der Waals surface area contributed by atoms with Gasteiger partial charge in [-0.1, -0.05) is 30.3 Å². The van der Waals surface area contributed by atoms with Crippen LogP contribution in [-0.2, 0) is 17.9 Å². The maximum atomic E-state index is 10.5. The summed E-state index contributed by atoms with van der Waals surface area (Å²) in [6.45, 7) is 2.37. The van der Waals surface area contributed by atoms with Crippen LogP contribution in [0.4, 0.5) is 0 Å². The van der Waals surface area contributed by atoms with Crippen LogP contribution in [0.25, 0.3) is 0 Å². The number of rotatable bonds is 7. The maximum Gasteiger partial charge on any atom is 0.129 e. The van der Waals surface area contributed by atoms with E-state index in [0.717, 1.165) is 43.0 Å². The van der Waals surface area contributed by atoms with Gasteiger partial charge in [-0.25, -0.2) is 0 Å². The Balaban J connectivity index is 1.59. The Bertz CT molecular complexity index is 596. The summed E-state index contributed by atoms with van der Waals surface area (Å²) >= 11 is 0. The Labute approximate surface area is 137 Å². The van der Waals surface area contributed by atoms with Crippen molar-refractivity contribution in [2.45, 2.75) is 44.6 Å². The lowest BCUT2D eigenvalue weighted by Crippen LogP contribution is -2.30. The van der Waals surface area contributed by atoms with E-state index in [4.69, 9.17) is 9.15 Å². The Hall–Kier alpha value is -1.62. The SMILES string of the molecule is COCc1ccc(CN2CCCC2CC(O)c2ccccc2)o1. The van der Waals surface area contributed by atoms with Gasteiger partial charge in [0.05, 0.1) is 12.6 Å². The summed E-state index contributed by atoms with van der Waals surface area (Å²) in [6.07, 6.45) is 2.69. The Morgan fingerprint density at radius 2 is 2.00 bits per heavy atom. The van der Waals surface area contributed by atoms with E-state index < -0.39 is 6.10 Å². The summed E-state index contributed by atoms with van der Waals surface area (Å²) in [7, 11) is 1.67. The van der Waals surface area contributed by atoms with E-state index in [-0.39, 0.29) is 0 Å². The van der Waals surface area contributed by atoms with Gasteiger partial charge < -0.3 is 14.3 Å². The van der Waals surface area contributed by atoms with Crippen LogP contribution in [0.5, 0.6) is 0 Å². The third-order valence-corrected chi connectivity index (χ3v) is 4.54. The minimum absolute atomic E-state index is 0.401. The van der Waals surface area contributed by atoms with E-state index in [2.05, 4.69) is 4.90 Å². The van der Waals surface area contributed by atoms with E-state index in [1.165, 1.54) is 6.42 Å². The molecule has 1 saturated heterocycles. The molecule has 124 valence electrons. The van der Waals surface area contributed by atoms with Crippen molar-refractivity contribution in [1.29, 1.82) is 0 Å². The molecule has 1 aromatic heterocycles. The number of furan rings is 1. The van der Waals surface area contributed by atoms with E-state index in [1.807, 2.05) is 42.5 Å². The van der Waals surface area contributed by atoms with Crippen LogP contribution in [0.1, 0.15) is 42.5 Å². The fourth-order valence-corrected chi connectivity index (χ4v) is 3.37. The number of aliphatic hydroxyl groups excluding tert-OH is 1. The Morgan fingerprint density at radius 1 is 1.22 bits per heavy atom. The van der Waals surface area contributed by atoms with Crippen molar-refractivity contribution in [2.24, 2.45) is 0 Å². The molecule has 1 aromatic carbocycles. The molecule has 0 bridgehead atoms. The summed E-state index contributed by atoms with van der Waals surface area (Å²) in [5, 5.41) is 10.5. The van der Waals surface area contributed by atoms with Gasteiger partial charge in [0.1, 0.15) is 18.1 Å². The van der Waals surface area contributed by atoms with Crippen LogP contribution in [0, 0.1) is 0 Å². The molecule has 2 aromatic rings. The zero-order chi connectivity index (χ0) is 16.1. The first-order chi connectivity index (χ1) is 11.3. The fourth-order valence-electron chi connectivity index (χ4n) is 3.37. The summed E-state index contributed by atoms with van der Waals surface area (Å²) in [4.78, 5) is 2.42. The monoisotopic (exact) mass is 315 g/mol. The van der Waals surface area contributed by atoms with Gasteiger partial charge in [0.25, 0.3) is 0 Å². The largest absolute Gasteiger partial charge is 0.462 e. The predicted octanol–water partition coefficient (Wildman–Crippen LogP) is 3.51. The predicted molar refractivity (Wildman–Crippen MR) is 88.9 cm³/mol. The number of aliphatic hydroxyl groups is 1. The highest BCUT2D eigenvalue weighted by Gasteiger charge is 2.27. The lowest BCUT2D eigenvalue weighted by atomic mass is 10.0. The molecule has 1 fully saturated rings. The minimum atomic E-state index is -0.401. The van der Waals surface area contributed by atoms with Crippen LogP contribution < -0.4 is 0 Å². The molecule has 1 aliphatic rings. The van der Waals surface area contributed by atoms with Crippen LogP contribution in [-0.4, -0.2) is 29.7 Å². The topological polar surface area (TPSA) is 45.8 Å². The van der Waals surface area contributed by atoms with Gasteiger partial charge in [0.2, 0.25) is 0 Å². The van der Waals surface area contributed by atoms with Crippen LogP contribution >= 0.6 is 0 Å². The third kappa shape index (κ3) is 4.22. The van der Waals surface area contributed by atoms with Crippen molar-refractivity contribution in [1.82, 2.24) is 4.90 Å². The van der Waals surface area contributed by atoms with Crippen LogP contribution in [0.3, 0.4) is 0 Å². The van der Waals surface area contributed by atoms with Gasteiger partial charge in [0.15, 0.2) is 0 Å². The number of hydrogen-bond acceptors (Lipinski definition) is 4. The molecule has 2 atom stereocenters. The van der Waals surface area contributed by atoms with Gasteiger partial charge in [-0.05, 0) is 43.5 Å². The molecule has 0 radical (unpaired) electrons. The average Bonchev–Trinajstić information content (AvgIpc) is 3.19. The molecule has 23 heavy (non-hydrogen) atoms. The molecule has 4 heteroatoms. The van der Waals surface area contributed by atoms with Gasteiger partial charge in [-0.3, -0.25) is 4.90 Å². The molecule has 4 nitrogen and oxygen atoms in total. The van der Waals surface area contributed by atoms with Gasteiger partial charge in [-0.2, -0.15) is 0 Å². The summed E-state index contributed by atoms with van der Waals surface area (Å²) in [5.41, 5.74) is 1.000. The molecule has 0 saturated carbocycles. The summed E-state index contributed by atoms with van der Waals surface area (Å²) in [6, 6.07) is 14.3. The van der Waals surface area contributed by atoms with E-state index in [0.29, 0.717) is 12.6 Å². The first kappa shape index (κ1) is 16.2. The van der Waals surface area contributed by atoms with E-state index >= 15 is 0 Å². The number of nitrogens with zero attached hydrogens (tertiary/aromatic N) is 1. The van der Waals surface area contributed by atoms with Crippen LogP contribution in [0.2, 0.25) is 0 Å². The average molecular weight is 315 g/mol.